The van der Waals surface area contributed by atoms with E-state index in [-0.39, 0.29) is 0 Å². The van der Waals surface area contributed by atoms with E-state index in [9.17, 15) is 0 Å². The molecule has 3 aromatic heterocycles. The van der Waals surface area contributed by atoms with Crippen molar-refractivity contribution in [2.75, 3.05) is 0 Å². The molecule has 0 fully saturated rings. The molecule has 0 saturated carbocycles. The van der Waals surface area contributed by atoms with E-state index >= 15 is 0 Å². The standard InChI is InChI=1S/C42H25NO2/c1-2-8-26(9-3-1)27-14-16-28(17-15-27)29-18-20-39-33(22-29)35-24-36-34-23-30(19-21-40(34)45-42(36)25-41(35)44-39)43-37-12-6-4-10-31(37)32-11-5-7-13-38(32)43/h1-25H. The van der Waals surface area contributed by atoms with Gasteiger partial charge in [-0.25, -0.2) is 0 Å². The number of nitrogens with zero attached hydrogens (tertiary/aromatic N) is 1. The summed E-state index contributed by atoms with van der Waals surface area (Å²) >= 11 is 0. The highest BCUT2D eigenvalue weighted by Gasteiger charge is 2.17. The van der Waals surface area contributed by atoms with Gasteiger partial charge >= 0.3 is 0 Å². The fraction of sp³-hybridized carbons (Fsp3) is 0. The van der Waals surface area contributed by atoms with Crippen molar-refractivity contribution in [2.24, 2.45) is 0 Å². The molecule has 0 spiro atoms. The van der Waals surface area contributed by atoms with Crippen LogP contribution >= 0.6 is 0 Å². The number of benzene rings is 7. The minimum absolute atomic E-state index is 0.827. The van der Waals surface area contributed by atoms with E-state index in [2.05, 4.69) is 144 Å². The predicted molar refractivity (Wildman–Crippen MR) is 186 cm³/mol. The van der Waals surface area contributed by atoms with Crippen molar-refractivity contribution in [2.45, 2.75) is 0 Å². The van der Waals surface area contributed by atoms with E-state index in [4.69, 9.17) is 8.83 Å². The Morgan fingerprint density at radius 1 is 0.311 bits per heavy atom. The average Bonchev–Trinajstić information content (AvgIpc) is 3.76. The van der Waals surface area contributed by atoms with Crippen LogP contribution in [0.3, 0.4) is 0 Å². The molecule has 7 aromatic carbocycles. The third-order valence-corrected chi connectivity index (χ3v) is 9.21. The average molecular weight is 576 g/mol. The summed E-state index contributed by atoms with van der Waals surface area (Å²) in [7, 11) is 0. The van der Waals surface area contributed by atoms with Crippen molar-refractivity contribution in [3.8, 4) is 27.9 Å². The van der Waals surface area contributed by atoms with Crippen molar-refractivity contribution in [1.82, 2.24) is 4.57 Å². The summed E-state index contributed by atoms with van der Waals surface area (Å²) in [5.41, 5.74) is 11.7. The first-order valence-corrected chi connectivity index (χ1v) is 15.3. The second-order valence-electron chi connectivity index (χ2n) is 11.8. The van der Waals surface area contributed by atoms with Crippen LogP contribution in [0.4, 0.5) is 0 Å². The van der Waals surface area contributed by atoms with Gasteiger partial charge in [0, 0.05) is 44.1 Å². The second-order valence-corrected chi connectivity index (χ2v) is 11.8. The minimum atomic E-state index is 0.827. The molecule has 0 radical (unpaired) electrons. The van der Waals surface area contributed by atoms with E-state index in [1.165, 1.54) is 38.5 Å². The molecule has 210 valence electrons. The number of hydrogen-bond acceptors (Lipinski definition) is 2. The molecule has 3 nitrogen and oxygen atoms in total. The number of hydrogen-bond donors (Lipinski definition) is 0. The van der Waals surface area contributed by atoms with Crippen molar-refractivity contribution in [3.05, 3.63) is 152 Å². The molecule has 3 heterocycles. The number of furan rings is 2. The Bertz CT molecular complexity index is 2690. The molecule has 0 aliphatic rings. The molecule has 0 unspecified atom stereocenters. The Morgan fingerprint density at radius 3 is 1.47 bits per heavy atom. The molecule has 0 aliphatic heterocycles. The monoisotopic (exact) mass is 575 g/mol. The van der Waals surface area contributed by atoms with E-state index in [1.54, 1.807) is 0 Å². The fourth-order valence-corrected chi connectivity index (χ4v) is 7.04. The number of rotatable bonds is 3. The summed E-state index contributed by atoms with van der Waals surface area (Å²) in [6.07, 6.45) is 0. The van der Waals surface area contributed by atoms with E-state index in [0.717, 1.165) is 55.1 Å². The first kappa shape index (κ1) is 24.4. The maximum Gasteiger partial charge on any atom is 0.139 e. The fourth-order valence-electron chi connectivity index (χ4n) is 7.04. The minimum Gasteiger partial charge on any atom is -0.456 e. The van der Waals surface area contributed by atoms with Gasteiger partial charge in [-0.1, -0.05) is 97.1 Å². The maximum atomic E-state index is 6.38. The Kier molecular flexibility index (Phi) is 5.00. The number of para-hydroxylation sites is 2. The van der Waals surface area contributed by atoms with Crippen molar-refractivity contribution in [1.29, 1.82) is 0 Å². The molecule has 0 aliphatic carbocycles. The zero-order valence-corrected chi connectivity index (χ0v) is 24.2. The molecule has 0 amide bonds. The van der Waals surface area contributed by atoms with Gasteiger partial charge in [-0.3, -0.25) is 0 Å². The molecule has 10 rings (SSSR count). The van der Waals surface area contributed by atoms with Crippen LogP contribution in [0.2, 0.25) is 0 Å². The number of aromatic nitrogens is 1. The molecule has 0 N–H and O–H groups in total. The van der Waals surface area contributed by atoms with Crippen molar-refractivity contribution < 1.29 is 8.83 Å². The normalized spacial score (nSPS) is 12.0. The van der Waals surface area contributed by atoms with Crippen molar-refractivity contribution >= 4 is 65.7 Å². The lowest BCUT2D eigenvalue weighted by Crippen LogP contribution is -1.93. The summed E-state index contributed by atoms with van der Waals surface area (Å²) < 4.78 is 15.1. The molecular formula is C42H25NO2. The van der Waals surface area contributed by atoms with Gasteiger partial charge in [0.2, 0.25) is 0 Å². The molecule has 0 saturated heterocycles. The summed E-state index contributed by atoms with van der Waals surface area (Å²) in [5, 5.41) is 6.87. The van der Waals surface area contributed by atoms with Crippen LogP contribution in [0.5, 0.6) is 0 Å². The lowest BCUT2D eigenvalue weighted by atomic mass is 9.99. The van der Waals surface area contributed by atoms with Crippen LogP contribution in [-0.4, -0.2) is 4.57 Å². The van der Waals surface area contributed by atoms with Crippen LogP contribution in [0.25, 0.3) is 93.6 Å². The van der Waals surface area contributed by atoms with Crippen LogP contribution < -0.4 is 0 Å². The van der Waals surface area contributed by atoms with Gasteiger partial charge in [-0.2, -0.15) is 0 Å². The Morgan fingerprint density at radius 2 is 0.800 bits per heavy atom. The van der Waals surface area contributed by atoms with Gasteiger partial charge in [0.25, 0.3) is 0 Å². The number of fused-ring (bicyclic) bond motifs is 9. The highest BCUT2D eigenvalue weighted by Crippen LogP contribution is 2.40. The largest absolute Gasteiger partial charge is 0.456 e. The van der Waals surface area contributed by atoms with E-state index in [0.29, 0.717) is 0 Å². The van der Waals surface area contributed by atoms with E-state index < -0.39 is 0 Å². The third-order valence-electron chi connectivity index (χ3n) is 9.21. The summed E-state index contributed by atoms with van der Waals surface area (Å²) in [6, 6.07) is 53.7. The van der Waals surface area contributed by atoms with Crippen LogP contribution in [0, 0.1) is 0 Å². The van der Waals surface area contributed by atoms with Gasteiger partial charge < -0.3 is 13.4 Å². The quantitative estimate of drug-likeness (QED) is 0.210. The topological polar surface area (TPSA) is 31.2 Å². The van der Waals surface area contributed by atoms with Gasteiger partial charge in [0.15, 0.2) is 0 Å². The van der Waals surface area contributed by atoms with E-state index in [1.807, 2.05) is 12.1 Å². The Balaban J connectivity index is 1.13. The lowest BCUT2D eigenvalue weighted by Gasteiger charge is -2.08. The first-order valence-electron chi connectivity index (χ1n) is 15.3. The first-order chi connectivity index (χ1) is 22.3. The lowest BCUT2D eigenvalue weighted by molar-refractivity contribution is 0.656. The van der Waals surface area contributed by atoms with Crippen LogP contribution in [0.15, 0.2) is 160 Å². The van der Waals surface area contributed by atoms with Crippen LogP contribution in [0.1, 0.15) is 0 Å². The summed E-state index contributed by atoms with van der Waals surface area (Å²) in [6.45, 7) is 0. The SMILES string of the molecule is c1ccc(-c2ccc(-c3ccc4oc5cc6oc7ccc(-n8c9ccccc9c9ccccc98)cc7c6cc5c4c3)cc2)cc1. The highest BCUT2D eigenvalue weighted by molar-refractivity contribution is 6.16. The predicted octanol–water partition coefficient (Wildman–Crippen LogP) is 11.9. The molecular weight excluding hydrogens is 550 g/mol. The summed E-state index contributed by atoms with van der Waals surface area (Å²) in [4.78, 5) is 0. The zero-order valence-electron chi connectivity index (χ0n) is 24.2. The summed E-state index contributed by atoms with van der Waals surface area (Å²) in [5.74, 6) is 0. The molecule has 3 heteroatoms. The Labute approximate surface area is 258 Å². The molecule has 0 bridgehead atoms. The molecule has 45 heavy (non-hydrogen) atoms. The third kappa shape index (κ3) is 3.65. The van der Waals surface area contributed by atoms with Gasteiger partial charge in [-0.15, -0.1) is 0 Å². The smallest absolute Gasteiger partial charge is 0.139 e. The molecule has 0 atom stereocenters. The second kappa shape index (κ2) is 9.22. The Hall–Kier alpha value is -6.06. The van der Waals surface area contributed by atoms with Gasteiger partial charge in [0.05, 0.1) is 11.0 Å². The highest BCUT2D eigenvalue weighted by atomic mass is 16.3. The maximum absolute atomic E-state index is 6.38. The van der Waals surface area contributed by atoms with Crippen molar-refractivity contribution in [3.63, 3.8) is 0 Å². The molecule has 10 aromatic rings. The van der Waals surface area contributed by atoms with Crippen LogP contribution in [-0.2, 0) is 0 Å². The van der Waals surface area contributed by atoms with Gasteiger partial charge in [-0.05, 0) is 70.8 Å². The van der Waals surface area contributed by atoms with Gasteiger partial charge in [0.1, 0.15) is 22.3 Å². The zero-order chi connectivity index (χ0) is 29.5.